The Labute approximate surface area is 140 Å². The quantitative estimate of drug-likeness (QED) is 0.845. The largest absolute Gasteiger partial charge is 0.305 e. The van der Waals surface area contributed by atoms with Gasteiger partial charge >= 0.3 is 0 Å². The highest BCUT2D eigenvalue weighted by atomic mass is 19.1. The van der Waals surface area contributed by atoms with Crippen molar-refractivity contribution < 1.29 is 4.39 Å². The standard InChI is InChI=1S/C19H17FN4/c1-2-3-4-19-22-24(18-9-5-15(13-21)6-10-18)14-23(19)17-11-7-16(20)8-12-17/h3-12H,2,14H2,1H3. The first-order valence-corrected chi connectivity index (χ1v) is 7.77. The van der Waals surface area contributed by atoms with E-state index >= 15 is 0 Å². The monoisotopic (exact) mass is 320 g/mol. The van der Waals surface area contributed by atoms with Crippen molar-refractivity contribution in [3.63, 3.8) is 0 Å². The van der Waals surface area contributed by atoms with Crippen molar-refractivity contribution in [3.05, 3.63) is 72.1 Å². The summed E-state index contributed by atoms with van der Waals surface area (Å²) in [5, 5.41) is 15.4. The van der Waals surface area contributed by atoms with Gasteiger partial charge in [0.1, 0.15) is 12.5 Å². The lowest BCUT2D eigenvalue weighted by Gasteiger charge is -2.20. The van der Waals surface area contributed by atoms with Crippen molar-refractivity contribution in [1.29, 1.82) is 5.26 Å². The Bertz CT molecular complexity index is 801. The molecule has 1 aliphatic heterocycles. The van der Waals surface area contributed by atoms with E-state index < -0.39 is 0 Å². The maximum Gasteiger partial charge on any atom is 0.154 e. The third-order valence-electron chi connectivity index (χ3n) is 3.71. The number of hydrazone groups is 1. The summed E-state index contributed by atoms with van der Waals surface area (Å²) in [6.45, 7) is 2.59. The summed E-state index contributed by atoms with van der Waals surface area (Å²) in [6.07, 6.45) is 4.91. The second-order valence-corrected chi connectivity index (χ2v) is 5.37. The predicted octanol–water partition coefficient (Wildman–Crippen LogP) is 4.26. The number of nitrogens with zero attached hydrogens (tertiary/aromatic N) is 4. The normalized spacial score (nSPS) is 14.1. The Hall–Kier alpha value is -3.13. The van der Waals surface area contributed by atoms with E-state index in [2.05, 4.69) is 18.1 Å². The molecule has 2 aromatic carbocycles. The van der Waals surface area contributed by atoms with E-state index in [-0.39, 0.29) is 5.82 Å². The Morgan fingerprint density at radius 2 is 1.79 bits per heavy atom. The van der Waals surface area contributed by atoms with Crippen molar-refractivity contribution in [2.24, 2.45) is 5.10 Å². The van der Waals surface area contributed by atoms with Gasteiger partial charge in [-0.1, -0.05) is 13.0 Å². The molecule has 0 saturated heterocycles. The van der Waals surface area contributed by atoms with Crippen LogP contribution in [0.2, 0.25) is 0 Å². The zero-order valence-electron chi connectivity index (χ0n) is 13.4. The molecule has 0 radical (unpaired) electrons. The van der Waals surface area contributed by atoms with E-state index in [0.29, 0.717) is 12.2 Å². The number of hydrogen-bond donors (Lipinski definition) is 0. The molecule has 120 valence electrons. The molecule has 0 spiro atoms. The van der Waals surface area contributed by atoms with Crippen LogP contribution in [0.5, 0.6) is 0 Å². The zero-order chi connectivity index (χ0) is 16.9. The highest BCUT2D eigenvalue weighted by molar-refractivity contribution is 6.07. The van der Waals surface area contributed by atoms with Crippen molar-refractivity contribution in [3.8, 4) is 6.07 Å². The van der Waals surface area contributed by atoms with Gasteiger partial charge < -0.3 is 4.90 Å². The Morgan fingerprint density at radius 1 is 1.12 bits per heavy atom. The second kappa shape index (κ2) is 6.97. The van der Waals surface area contributed by atoms with Gasteiger partial charge in [0.25, 0.3) is 0 Å². The number of nitriles is 1. The number of rotatable bonds is 4. The fraction of sp³-hybridized carbons (Fsp3) is 0.158. The summed E-state index contributed by atoms with van der Waals surface area (Å²) in [6, 6.07) is 15.8. The molecule has 0 saturated carbocycles. The topological polar surface area (TPSA) is 42.6 Å². The first-order valence-electron chi connectivity index (χ1n) is 7.77. The maximum absolute atomic E-state index is 13.2. The molecule has 4 nitrogen and oxygen atoms in total. The summed E-state index contributed by atoms with van der Waals surface area (Å²) in [5.74, 6) is 0.539. The van der Waals surface area contributed by atoms with Gasteiger partial charge in [0.2, 0.25) is 0 Å². The smallest absolute Gasteiger partial charge is 0.154 e. The van der Waals surface area contributed by atoms with Gasteiger partial charge in [0.15, 0.2) is 5.84 Å². The van der Waals surface area contributed by atoms with Gasteiger partial charge in [-0.2, -0.15) is 10.4 Å². The molecule has 0 unspecified atom stereocenters. The van der Waals surface area contributed by atoms with Gasteiger partial charge in [-0.15, -0.1) is 0 Å². The van der Waals surface area contributed by atoms with Crippen molar-refractivity contribution in [1.82, 2.24) is 0 Å². The van der Waals surface area contributed by atoms with Gasteiger partial charge in [-0.3, -0.25) is 0 Å². The first-order chi connectivity index (χ1) is 11.7. The molecule has 0 aliphatic carbocycles. The van der Waals surface area contributed by atoms with Gasteiger partial charge in [-0.05, 0) is 61.0 Å². The fourth-order valence-electron chi connectivity index (χ4n) is 2.44. The SMILES string of the molecule is CCC=CC1=NN(c2ccc(C#N)cc2)CN1c1ccc(F)cc1. The number of allylic oxidation sites excluding steroid dienone is 1. The predicted molar refractivity (Wildman–Crippen MR) is 94.2 cm³/mol. The summed E-state index contributed by atoms with van der Waals surface area (Å²) in [7, 11) is 0. The lowest BCUT2D eigenvalue weighted by atomic mass is 10.2. The van der Waals surface area contributed by atoms with Crippen LogP contribution in [-0.4, -0.2) is 12.5 Å². The number of benzene rings is 2. The molecule has 5 heteroatoms. The molecule has 0 atom stereocenters. The molecular formula is C19H17FN4. The van der Waals surface area contributed by atoms with Crippen LogP contribution in [0.15, 0.2) is 65.8 Å². The maximum atomic E-state index is 13.2. The number of amidine groups is 1. The zero-order valence-corrected chi connectivity index (χ0v) is 13.4. The van der Waals surface area contributed by atoms with Gasteiger partial charge in [0.05, 0.1) is 17.3 Å². The summed E-state index contributed by atoms with van der Waals surface area (Å²) in [4.78, 5) is 2.02. The van der Waals surface area contributed by atoms with Crippen LogP contribution in [0.25, 0.3) is 0 Å². The molecule has 0 bridgehead atoms. The van der Waals surface area contributed by atoms with E-state index in [0.717, 1.165) is 23.6 Å². The minimum atomic E-state index is -0.260. The molecule has 1 aliphatic rings. The van der Waals surface area contributed by atoms with E-state index in [1.807, 2.05) is 34.2 Å². The Morgan fingerprint density at radius 3 is 2.42 bits per heavy atom. The summed E-state index contributed by atoms with van der Waals surface area (Å²) < 4.78 is 13.2. The molecule has 2 aromatic rings. The highest BCUT2D eigenvalue weighted by Crippen LogP contribution is 2.25. The first kappa shape index (κ1) is 15.8. The van der Waals surface area contributed by atoms with Crippen LogP contribution in [0.1, 0.15) is 18.9 Å². The van der Waals surface area contributed by atoms with Crippen LogP contribution < -0.4 is 9.91 Å². The molecular weight excluding hydrogens is 303 g/mol. The lowest BCUT2D eigenvalue weighted by Crippen LogP contribution is -2.29. The van der Waals surface area contributed by atoms with Crippen LogP contribution in [0, 0.1) is 17.1 Å². The van der Waals surface area contributed by atoms with Crippen LogP contribution in [0.3, 0.4) is 0 Å². The number of halogens is 1. The average molecular weight is 320 g/mol. The summed E-state index contributed by atoms with van der Waals surface area (Å²) in [5.41, 5.74) is 2.40. The van der Waals surface area contributed by atoms with Crippen LogP contribution in [0.4, 0.5) is 15.8 Å². The van der Waals surface area contributed by atoms with Crippen molar-refractivity contribution in [2.75, 3.05) is 16.6 Å². The fourth-order valence-corrected chi connectivity index (χ4v) is 2.44. The lowest BCUT2D eigenvalue weighted by molar-refractivity contribution is 0.628. The minimum absolute atomic E-state index is 0.260. The number of anilines is 2. The average Bonchev–Trinajstić information content (AvgIpc) is 3.05. The van der Waals surface area contributed by atoms with Gasteiger partial charge in [0, 0.05) is 5.69 Å². The van der Waals surface area contributed by atoms with Gasteiger partial charge in [-0.25, -0.2) is 9.40 Å². The number of hydrogen-bond acceptors (Lipinski definition) is 4. The van der Waals surface area contributed by atoms with Crippen molar-refractivity contribution in [2.45, 2.75) is 13.3 Å². The molecule has 24 heavy (non-hydrogen) atoms. The minimum Gasteiger partial charge on any atom is -0.305 e. The van der Waals surface area contributed by atoms with E-state index in [4.69, 9.17) is 5.26 Å². The Balaban J connectivity index is 1.90. The second-order valence-electron chi connectivity index (χ2n) is 5.37. The molecule has 1 heterocycles. The third-order valence-corrected chi connectivity index (χ3v) is 3.71. The third kappa shape index (κ3) is 3.28. The molecule has 0 amide bonds. The molecule has 0 aromatic heterocycles. The van der Waals surface area contributed by atoms with Crippen molar-refractivity contribution >= 4 is 17.2 Å². The highest BCUT2D eigenvalue weighted by Gasteiger charge is 2.23. The van der Waals surface area contributed by atoms with E-state index in [1.54, 1.807) is 24.3 Å². The Kier molecular flexibility index (Phi) is 4.57. The molecule has 0 fully saturated rings. The molecule has 0 N–H and O–H groups in total. The van der Waals surface area contributed by atoms with Crippen LogP contribution in [-0.2, 0) is 0 Å². The van der Waals surface area contributed by atoms with E-state index in [9.17, 15) is 4.39 Å². The molecule has 3 rings (SSSR count). The summed E-state index contributed by atoms with van der Waals surface area (Å²) >= 11 is 0. The van der Waals surface area contributed by atoms with E-state index in [1.165, 1.54) is 12.1 Å². The van der Waals surface area contributed by atoms with Crippen LogP contribution >= 0.6 is 0 Å².